The minimum Gasteiger partial charge on any atom is -0.392 e. The third-order valence-electron chi connectivity index (χ3n) is 2.64. The zero-order valence-corrected chi connectivity index (χ0v) is 10.00. The molecule has 5 N–H and O–H groups in total. The zero-order chi connectivity index (χ0) is 13.8. The molecule has 0 atom stereocenters. The molecule has 0 aliphatic heterocycles. The number of amides is 1. The summed E-state index contributed by atoms with van der Waals surface area (Å²) in [6.07, 6.45) is 1.67. The minimum atomic E-state index is -0.606. The van der Waals surface area contributed by atoms with E-state index in [4.69, 9.17) is 10.3 Å². The van der Waals surface area contributed by atoms with Crippen molar-refractivity contribution in [2.24, 2.45) is 0 Å². The summed E-state index contributed by atoms with van der Waals surface area (Å²) >= 11 is 0. The van der Waals surface area contributed by atoms with Crippen LogP contribution in [0, 0.1) is 0 Å². The summed E-state index contributed by atoms with van der Waals surface area (Å²) in [5.74, 6) is -0.142. The van der Waals surface area contributed by atoms with Gasteiger partial charge < -0.3 is 15.5 Å². The Bertz CT molecular complexity index is 596. The van der Waals surface area contributed by atoms with Crippen LogP contribution in [0.15, 0.2) is 18.3 Å². The second-order valence-electron chi connectivity index (χ2n) is 3.88. The van der Waals surface area contributed by atoms with E-state index in [9.17, 15) is 9.90 Å². The molecule has 2 aromatic rings. The standard InChI is InChI=1S/C11H14N4O4/c16-5-7-1-2-15-9(3-7)13-8(6-17)11(15)12-4-10(18)14-19/h1-3,12,16-17,19H,4-6H2,(H,14,18). The Morgan fingerprint density at radius 3 is 2.79 bits per heavy atom. The smallest absolute Gasteiger partial charge is 0.262 e. The highest BCUT2D eigenvalue weighted by Gasteiger charge is 2.12. The third-order valence-corrected chi connectivity index (χ3v) is 2.64. The first-order valence-corrected chi connectivity index (χ1v) is 5.58. The summed E-state index contributed by atoms with van der Waals surface area (Å²) in [7, 11) is 0. The number of pyridine rings is 1. The number of nitrogens with one attached hydrogen (secondary N) is 2. The average Bonchev–Trinajstić information content (AvgIpc) is 2.81. The molecule has 0 fully saturated rings. The summed E-state index contributed by atoms with van der Waals surface area (Å²) in [4.78, 5) is 15.2. The number of hydrogen-bond donors (Lipinski definition) is 5. The average molecular weight is 266 g/mol. The fraction of sp³-hybridized carbons (Fsp3) is 0.273. The number of imidazole rings is 1. The van der Waals surface area contributed by atoms with Gasteiger partial charge >= 0.3 is 0 Å². The lowest BCUT2D eigenvalue weighted by Gasteiger charge is -2.06. The Kier molecular flexibility index (Phi) is 3.95. The highest BCUT2D eigenvalue weighted by atomic mass is 16.5. The van der Waals surface area contributed by atoms with Gasteiger partial charge in [-0.1, -0.05) is 0 Å². The van der Waals surface area contributed by atoms with Crippen LogP contribution >= 0.6 is 0 Å². The molecule has 2 aromatic heterocycles. The molecule has 102 valence electrons. The summed E-state index contributed by atoms with van der Waals surface area (Å²) in [5.41, 5.74) is 3.12. The number of aliphatic hydroxyl groups is 2. The van der Waals surface area contributed by atoms with Crippen LogP contribution < -0.4 is 10.8 Å². The molecular weight excluding hydrogens is 252 g/mol. The first kappa shape index (κ1) is 13.3. The van der Waals surface area contributed by atoms with E-state index in [1.165, 1.54) is 5.48 Å². The van der Waals surface area contributed by atoms with E-state index in [1.807, 2.05) is 0 Å². The highest BCUT2D eigenvalue weighted by molar-refractivity contribution is 5.79. The van der Waals surface area contributed by atoms with Crippen LogP contribution in [0.2, 0.25) is 0 Å². The van der Waals surface area contributed by atoms with Crippen LogP contribution in [0.25, 0.3) is 5.65 Å². The molecule has 0 aliphatic carbocycles. The van der Waals surface area contributed by atoms with Gasteiger partial charge in [0.1, 0.15) is 17.2 Å². The number of fused-ring (bicyclic) bond motifs is 1. The van der Waals surface area contributed by atoms with E-state index < -0.39 is 5.91 Å². The number of carbonyl (C=O) groups excluding carboxylic acids is 1. The lowest BCUT2D eigenvalue weighted by molar-refractivity contribution is -0.127. The van der Waals surface area contributed by atoms with Gasteiger partial charge in [0.25, 0.3) is 5.91 Å². The van der Waals surface area contributed by atoms with E-state index in [0.717, 1.165) is 0 Å². The number of rotatable bonds is 5. The largest absolute Gasteiger partial charge is 0.392 e. The van der Waals surface area contributed by atoms with Crippen LogP contribution in [-0.2, 0) is 18.0 Å². The minimum absolute atomic E-state index is 0.104. The molecule has 2 rings (SSSR count). The quantitative estimate of drug-likeness (QED) is 0.358. The molecule has 2 heterocycles. The summed E-state index contributed by atoms with van der Waals surface area (Å²) in [5, 5.41) is 29.5. The van der Waals surface area contributed by atoms with Crippen molar-refractivity contribution in [3.63, 3.8) is 0 Å². The molecule has 0 saturated heterocycles. The van der Waals surface area contributed by atoms with Gasteiger partial charge in [-0.25, -0.2) is 10.5 Å². The van der Waals surface area contributed by atoms with Crippen molar-refractivity contribution >= 4 is 17.4 Å². The fourth-order valence-electron chi connectivity index (χ4n) is 1.73. The SMILES string of the molecule is O=C(CNc1c(CO)nc2cc(CO)ccn12)NO. The van der Waals surface area contributed by atoms with Crippen molar-refractivity contribution in [2.75, 3.05) is 11.9 Å². The normalized spacial score (nSPS) is 10.7. The van der Waals surface area contributed by atoms with Gasteiger partial charge in [-0.3, -0.25) is 14.4 Å². The van der Waals surface area contributed by atoms with Gasteiger partial charge in [-0.15, -0.1) is 0 Å². The molecule has 8 nitrogen and oxygen atoms in total. The number of nitrogens with zero attached hydrogens (tertiary/aromatic N) is 2. The van der Waals surface area contributed by atoms with Crippen LogP contribution in [0.4, 0.5) is 5.82 Å². The molecule has 0 radical (unpaired) electrons. The third kappa shape index (κ3) is 2.65. The number of anilines is 1. The van der Waals surface area contributed by atoms with E-state index in [1.54, 1.807) is 22.7 Å². The lowest BCUT2D eigenvalue weighted by Crippen LogP contribution is -2.27. The fourth-order valence-corrected chi connectivity index (χ4v) is 1.73. The van der Waals surface area contributed by atoms with Crippen molar-refractivity contribution in [3.8, 4) is 0 Å². The second kappa shape index (κ2) is 5.65. The number of aliphatic hydroxyl groups excluding tert-OH is 2. The molecule has 1 amide bonds. The molecule has 0 aromatic carbocycles. The number of aromatic nitrogens is 2. The second-order valence-corrected chi connectivity index (χ2v) is 3.88. The first-order valence-electron chi connectivity index (χ1n) is 5.58. The molecular formula is C11H14N4O4. The van der Waals surface area contributed by atoms with Crippen molar-refractivity contribution < 1.29 is 20.2 Å². The maximum atomic E-state index is 11.0. The van der Waals surface area contributed by atoms with Gasteiger partial charge in [0.15, 0.2) is 0 Å². The topological polar surface area (TPSA) is 119 Å². The van der Waals surface area contributed by atoms with Crippen LogP contribution in [0.1, 0.15) is 11.3 Å². The number of hydrogen-bond acceptors (Lipinski definition) is 6. The van der Waals surface area contributed by atoms with E-state index in [-0.39, 0.29) is 19.8 Å². The molecule has 0 bridgehead atoms. The van der Waals surface area contributed by atoms with Crippen molar-refractivity contribution in [1.29, 1.82) is 0 Å². The van der Waals surface area contributed by atoms with Crippen molar-refractivity contribution in [2.45, 2.75) is 13.2 Å². The predicted molar refractivity (Wildman–Crippen MR) is 65.5 cm³/mol. The maximum absolute atomic E-state index is 11.0. The Morgan fingerprint density at radius 1 is 1.37 bits per heavy atom. The van der Waals surface area contributed by atoms with Gasteiger partial charge in [-0.2, -0.15) is 0 Å². The Morgan fingerprint density at radius 2 is 2.16 bits per heavy atom. The van der Waals surface area contributed by atoms with Crippen molar-refractivity contribution in [3.05, 3.63) is 29.6 Å². The number of carbonyl (C=O) groups is 1. The summed E-state index contributed by atoms with van der Waals surface area (Å²) < 4.78 is 1.65. The first-order chi connectivity index (χ1) is 9.19. The molecule has 0 saturated carbocycles. The van der Waals surface area contributed by atoms with Crippen LogP contribution in [0.3, 0.4) is 0 Å². The van der Waals surface area contributed by atoms with Crippen LogP contribution in [-0.4, -0.2) is 37.3 Å². The van der Waals surface area contributed by atoms with Gasteiger partial charge in [0, 0.05) is 6.20 Å². The monoisotopic (exact) mass is 266 g/mol. The Balaban J connectivity index is 2.37. The number of hydroxylamine groups is 1. The summed E-state index contributed by atoms with van der Waals surface area (Å²) in [6.45, 7) is -0.550. The lowest BCUT2D eigenvalue weighted by atomic mass is 10.3. The molecule has 0 unspecified atom stereocenters. The van der Waals surface area contributed by atoms with Crippen LogP contribution in [0.5, 0.6) is 0 Å². The van der Waals surface area contributed by atoms with E-state index in [2.05, 4.69) is 10.3 Å². The maximum Gasteiger partial charge on any atom is 0.262 e. The van der Waals surface area contributed by atoms with E-state index in [0.29, 0.717) is 22.7 Å². The van der Waals surface area contributed by atoms with Crippen molar-refractivity contribution in [1.82, 2.24) is 14.9 Å². The molecule has 0 spiro atoms. The predicted octanol–water partition coefficient (Wildman–Crippen LogP) is -0.764. The molecule has 19 heavy (non-hydrogen) atoms. The van der Waals surface area contributed by atoms with Gasteiger partial charge in [0.05, 0.1) is 19.8 Å². The van der Waals surface area contributed by atoms with Gasteiger partial charge in [0.2, 0.25) is 0 Å². The zero-order valence-electron chi connectivity index (χ0n) is 10.00. The highest BCUT2D eigenvalue weighted by Crippen LogP contribution is 2.19. The molecule has 8 heteroatoms. The van der Waals surface area contributed by atoms with E-state index >= 15 is 0 Å². The summed E-state index contributed by atoms with van der Waals surface area (Å²) in [6, 6.07) is 3.38. The van der Waals surface area contributed by atoms with Gasteiger partial charge in [-0.05, 0) is 17.7 Å². The Labute approximate surface area is 108 Å². The Hall–Kier alpha value is -2.16. The molecule has 0 aliphatic rings.